The molecule has 6 fully saturated rings. The zero-order valence-corrected chi connectivity index (χ0v) is 64.2. The van der Waals surface area contributed by atoms with E-state index in [9.17, 15) is 24.1 Å². The predicted molar refractivity (Wildman–Crippen MR) is 403 cm³/mol. The smallest absolute Gasteiger partial charge is 0.470 e. The highest BCUT2D eigenvalue weighted by Gasteiger charge is 2.51. The third kappa shape index (κ3) is 16.8. The van der Waals surface area contributed by atoms with Gasteiger partial charge in [0.1, 0.15) is 84.6 Å². The van der Waals surface area contributed by atoms with Crippen molar-refractivity contribution in [2.45, 2.75) is 182 Å². The Bertz CT molecular complexity index is 4660. The topological polar surface area (TPSA) is 267 Å². The van der Waals surface area contributed by atoms with Crippen LogP contribution in [0.15, 0.2) is 119 Å². The van der Waals surface area contributed by atoms with Crippen LogP contribution < -0.4 is 14.2 Å². The summed E-state index contributed by atoms with van der Waals surface area (Å²) in [5, 5.41) is 47.7. The van der Waals surface area contributed by atoms with Crippen LogP contribution in [0.5, 0.6) is 17.6 Å². The molecule has 12 heterocycles. The molecule has 0 saturated carbocycles. The maximum Gasteiger partial charge on any atom is 0.484 e. The number of aromatic amines is 1. The average molecular weight is 1570 g/mol. The summed E-state index contributed by atoms with van der Waals surface area (Å²) in [6, 6.07) is 36.4. The first-order valence-electron chi connectivity index (χ1n) is 36.8. The van der Waals surface area contributed by atoms with Gasteiger partial charge in [0, 0.05) is 77.6 Å². The van der Waals surface area contributed by atoms with Crippen LogP contribution in [-0.2, 0) is 83.5 Å². The van der Waals surface area contributed by atoms with Crippen molar-refractivity contribution in [2.24, 2.45) is 0 Å². The molecule has 0 radical (unpaired) electrons. The molecular weight excluding hydrogens is 1480 g/mol. The molecule has 6 N–H and O–H groups in total. The third-order valence-corrected chi connectivity index (χ3v) is 25.3. The number of pyridine rings is 3. The Morgan fingerprint density at radius 2 is 0.916 bits per heavy atom. The van der Waals surface area contributed by atoms with Crippen LogP contribution in [-0.4, -0.2) is 204 Å². The summed E-state index contributed by atoms with van der Waals surface area (Å²) in [6.45, 7) is 17.2. The number of aliphatic hydroxyl groups excluding tert-OH is 3. The number of allylic oxidation sites excluding steroid dienone is 1. The van der Waals surface area contributed by atoms with E-state index in [-0.39, 0.29) is 116 Å². The largest absolute Gasteiger partial charge is 0.484 e. The highest BCUT2D eigenvalue weighted by atomic mass is 79.9. The second-order valence-corrected chi connectivity index (χ2v) is 43.5. The lowest BCUT2D eigenvalue weighted by atomic mass is 9.78. The summed E-state index contributed by atoms with van der Waals surface area (Å²) < 4.78 is 113. The van der Waals surface area contributed by atoms with Crippen molar-refractivity contribution in [1.29, 1.82) is 0 Å². The van der Waals surface area contributed by atoms with Crippen molar-refractivity contribution in [3.8, 4) is 17.6 Å². The SMILES string of the molecule is C[Si](C)(C)CCOCn1c(O[C@@H]2CO[C@H]3[C@@H]2OC[C@H]3O)cc2nc(Br)c(F)cc21.C[Si](C)(C)CCOCn1c(O[C@@H]2CO[C@H]3[C@@H]2OC[C@H]3O)cc2nc(C3Cc4ccccc4C3)c(F)cc21.OB(O)C1=Cc2ccccc2C1.O[C@@H]1CO[C@H]2[C@@H]1OC[C@H]2Oc1cc2nc(C3Cc4ccccc4C3)c(F)cc2[nH]1. The Labute approximate surface area is 628 Å². The molecule has 12 atom stereocenters. The van der Waals surface area contributed by atoms with Crippen LogP contribution in [0.3, 0.4) is 0 Å². The number of benzene rings is 3. The van der Waals surface area contributed by atoms with Gasteiger partial charge in [-0.1, -0.05) is 118 Å². The first-order chi connectivity index (χ1) is 51.4. The normalized spacial score (nSPS) is 25.5. The van der Waals surface area contributed by atoms with Gasteiger partial charge < -0.3 is 82.5 Å². The number of hydrogen-bond acceptors (Lipinski definition) is 19. The van der Waals surface area contributed by atoms with Crippen LogP contribution in [0, 0.1) is 17.5 Å². The van der Waals surface area contributed by atoms with Crippen LogP contribution in [0.2, 0.25) is 51.4 Å². The van der Waals surface area contributed by atoms with Gasteiger partial charge in [0.05, 0.1) is 84.1 Å². The Hall–Kier alpha value is -6.88. The lowest BCUT2D eigenvalue weighted by Crippen LogP contribution is -2.35. The first kappa shape index (κ1) is 75.5. The lowest BCUT2D eigenvalue weighted by molar-refractivity contribution is 0.00475. The highest BCUT2D eigenvalue weighted by molar-refractivity contribution is 9.10. The molecule has 107 heavy (non-hydrogen) atoms. The van der Waals surface area contributed by atoms with Crippen molar-refractivity contribution in [2.75, 3.05) is 52.9 Å². The number of nitrogens with one attached hydrogen (secondary N) is 1. The van der Waals surface area contributed by atoms with Crippen LogP contribution in [0.4, 0.5) is 13.2 Å². The molecule has 568 valence electrons. The minimum Gasteiger partial charge on any atom is -0.470 e. The molecule has 9 aliphatic rings. The molecule has 29 heteroatoms. The predicted octanol–water partition coefficient (Wildman–Crippen LogP) is 10.6. The first-order valence-corrected chi connectivity index (χ1v) is 45.0. The standard InChI is InChI=1S/C28H35FN2O5Si.C22H21FN2O4.C19H26BrFN2O5Si.C9H9BO2/c1-37(2,3)9-8-33-16-31-22-12-20(29)26(19-10-17-6-4-5-7-18(17)11-19)30-21(22)13-25(31)36-24-15-35-27-23(32)14-34-28(24)27;23-14-7-15-16(25-20(14)13-5-11-3-1-2-4-12(11)6-13)8-19(24-15)29-18-10-28-21-17(26)9-27-22(18)21;1-29(2,3)5-4-25-10-23-13-6-11(21)19(20)22-12(13)7-16(23)28-15-9-27-17-14(24)8-26-18(15)17;11-10(12)9-5-7-3-1-2-4-8(7)6-9/h4-7,12-13,19,23-24,27-28,32H,8-11,14-16H2,1-3H3;1-4,7-8,13,17-18,21-22,24,26H,5-6,9-10H2;6-7,14-15,17-18,24H,4-5,8-10H2,1-3H3;1-5,11-12H,6H2/t23-,24-,27-,28-;17-,18-,21-,22-;14-,15-,17-,18-;/m111./s1. The van der Waals surface area contributed by atoms with Gasteiger partial charge in [-0.25, -0.2) is 28.1 Å². The van der Waals surface area contributed by atoms with Crippen molar-refractivity contribution in [3.05, 3.63) is 181 Å². The van der Waals surface area contributed by atoms with E-state index in [0.717, 1.165) is 43.3 Å². The van der Waals surface area contributed by atoms with Gasteiger partial charge in [-0.15, -0.1) is 0 Å². The minimum atomic E-state index is -1.31. The molecular formula is C78H91BBrF3N6O16Si2. The molecule has 6 aliphatic heterocycles. The Balaban J connectivity index is 0.000000120. The van der Waals surface area contributed by atoms with Gasteiger partial charge >= 0.3 is 7.12 Å². The second kappa shape index (κ2) is 31.8. The molecule has 22 nitrogen and oxygen atoms in total. The van der Waals surface area contributed by atoms with Crippen LogP contribution in [0.1, 0.15) is 56.6 Å². The van der Waals surface area contributed by atoms with Crippen molar-refractivity contribution in [3.63, 3.8) is 0 Å². The quantitative estimate of drug-likeness (QED) is 0.0250. The number of H-pyrrole nitrogens is 1. The number of halogens is 4. The Morgan fingerprint density at radius 1 is 0.505 bits per heavy atom. The molecule has 9 aromatic rings. The third-order valence-electron chi connectivity index (χ3n) is 21.3. The van der Waals surface area contributed by atoms with E-state index >= 15 is 4.39 Å². The summed E-state index contributed by atoms with van der Waals surface area (Å²) in [5.41, 5.74) is 12.8. The number of aromatic nitrogens is 6. The van der Waals surface area contributed by atoms with E-state index < -0.39 is 47.4 Å². The van der Waals surface area contributed by atoms with E-state index in [4.69, 9.17) is 67.1 Å². The van der Waals surface area contributed by atoms with Crippen molar-refractivity contribution < 1.29 is 90.6 Å². The molecule has 0 amide bonds. The van der Waals surface area contributed by atoms with Crippen LogP contribution in [0.25, 0.3) is 39.2 Å². The van der Waals surface area contributed by atoms with Gasteiger partial charge in [-0.05, 0) is 99.0 Å². The van der Waals surface area contributed by atoms with E-state index in [1.165, 1.54) is 39.9 Å². The van der Waals surface area contributed by atoms with E-state index in [2.05, 4.69) is 94.4 Å². The number of fused-ring (bicyclic) bond motifs is 9. The Morgan fingerprint density at radius 3 is 1.37 bits per heavy atom. The van der Waals surface area contributed by atoms with E-state index in [1.807, 2.05) is 65.2 Å². The number of hydrogen-bond donors (Lipinski definition) is 6. The van der Waals surface area contributed by atoms with Gasteiger partial charge in [-0.3, -0.25) is 9.13 Å². The van der Waals surface area contributed by atoms with E-state index in [0.29, 0.717) is 107 Å². The fourth-order valence-electron chi connectivity index (χ4n) is 15.5. The molecule has 18 rings (SSSR count). The highest BCUT2D eigenvalue weighted by Crippen LogP contribution is 2.41. The minimum absolute atomic E-state index is 0.0138. The summed E-state index contributed by atoms with van der Waals surface area (Å²) in [7, 11) is -3.77. The molecule has 0 spiro atoms. The summed E-state index contributed by atoms with van der Waals surface area (Å²) in [4.78, 5) is 16.8. The van der Waals surface area contributed by atoms with E-state index in [1.54, 1.807) is 22.8 Å². The number of rotatable bonds is 19. The maximum absolute atomic E-state index is 15.5. The molecule has 3 aliphatic carbocycles. The molecule has 6 saturated heterocycles. The number of nitrogens with zero attached hydrogens (tertiary/aromatic N) is 5. The van der Waals surface area contributed by atoms with Gasteiger partial charge in [0.15, 0.2) is 41.8 Å². The lowest BCUT2D eigenvalue weighted by Gasteiger charge is -2.20. The monoisotopic (exact) mass is 1570 g/mol. The van der Waals surface area contributed by atoms with Crippen molar-refractivity contribution in [1.82, 2.24) is 29.1 Å². The molecule has 3 aromatic carbocycles. The van der Waals surface area contributed by atoms with Gasteiger partial charge in [0.2, 0.25) is 0 Å². The maximum atomic E-state index is 15.5. The molecule has 0 bridgehead atoms. The summed E-state index contributed by atoms with van der Waals surface area (Å²) >= 11 is 3.14. The fraction of sp³-hybridized carbons (Fsp3) is 0.474. The number of ether oxygens (including phenoxy) is 11. The summed E-state index contributed by atoms with van der Waals surface area (Å²) in [5.74, 6) is 0.571. The molecule has 6 aromatic heterocycles. The zero-order valence-electron chi connectivity index (χ0n) is 60.6. The Kier molecular flexibility index (Phi) is 22.5. The fourth-order valence-corrected chi connectivity index (χ4v) is 17.3. The van der Waals surface area contributed by atoms with Crippen LogP contribution >= 0.6 is 15.9 Å². The van der Waals surface area contributed by atoms with Crippen molar-refractivity contribution >= 4 is 78.4 Å². The second-order valence-electron chi connectivity index (χ2n) is 31.5. The number of aliphatic hydroxyl groups is 3. The summed E-state index contributed by atoms with van der Waals surface area (Å²) in [6.07, 6.45) is 0.625. The molecule has 0 unspecified atom stereocenters. The van der Waals surface area contributed by atoms with Gasteiger partial charge in [0.25, 0.3) is 0 Å². The van der Waals surface area contributed by atoms with Gasteiger partial charge in [-0.2, -0.15) is 0 Å². The average Bonchev–Trinajstić information content (AvgIpc) is 1.63. The zero-order chi connectivity index (χ0) is 74.6.